The van der Waals surface area contributed by atoms with Crippen molar-refractivity contribution in [2.75, 3.05) is 0 Å². The molecule has 0 aliphatic carbocycles. The van der Waals surface area contributed by atoms with Crippen LogP contribution < -0.4 is 5.56 Å². The molecule has 86 valence electrons. The van der Waals surface area contributed by atoms with Gasteiger partial charge in [-0.15, -0.1) is 0 Å². The first kappa shape index (κ1) is 11.3. The molecule has 0 N–H and O–H groups in total. The summed E-state index contributed by atoms with van der Waals surface area (Å²) >= 11 is 0. The van der Waals surface area contributed by atoms with Crippen LogP contribution in [0.15, 0.2) is 47.4 Å². The Labute approximate surface area is 97.1 Å². The van der Waals surface area contributed by atoms with Crippen molar-refractivity contribution >= 4 is 6.29 Å². The lowest BCUT2D eigenvalue weighted by molar-refractivity contribution is 0.112. The van der Waals surface area contributed by atoms with Gasteiger partial charge in [-0.3, -0.25) is 9.59 Å². The summed E-state index contributed by atoms with van der Waals surface area (Å²) in [6, 6.07) is 9.08. The van der Waals surface area contributed by atoms with Crippen LogP contribution in [0.4, 0.5) is 4.39 Å². The van der Waals surface area contributed by atoms with E-state index in [1.54, 1.807) is 24.4 Å². The predicted molar refractivity (Wildman–Crippen MR) is 61.6 cm³/mol. The number of carbonyl (C=O) groups is 1. The molecular weight excluding hydrogens is 221 g/mol. The number of aldehydes is 1. The average molecular weight is 231 g/mol. The smallest absolute Gasteiger partial charge is 0.261 e. The molecule has 2 rings (SSSR count). The van der Waals surface area contributed by atoms with Crippen LogP contribution in [0.1, 0.15) is 15.9 Å². The highest BCUT2D eigenvalue weighted by Crippen LogP contribution is 2.04. The maximum Gasteiger partial charge on any atom is 0.261 e. The molecule has 4 heteroatoms. The molecule has 1 heterocycles. The number of hydrogen-bond donors (Lipinski definition) is 0. The van der Waals surface area contributed by atoms with Gasteiger partial charge in [-0.05, 0) is 29.8 Å². The van der Waals surface area contributed by atoms with Gasteiger partial charge in [-0.1, -0.05) is 12.1 Å². The van der Waals surface area contributed by atoms with E-state index in [1.165, 1.54) is 22.8 Å². The second-order valence-electron chi connectivity index (χ2n) is 3.64. The van der Waals surface area contributed by atoms with E-state index in [9.17, 15) is 14.0 Å². The van der Waals surface area contributed by atoms with Crippen LogP contribution in [0.2, 0.25) is 0 Å². The third-order valence-corrected chi connectivity index (χ3v) is 2.42. The lowest BCUT2D eigenvalue weighted by Gasteiger charge is -2.06. The molecule has 17 heavy (non-hydrogen) atoms. The van der Waals surface area contributed by atoms with E-state index in [0.29, 0.717) is 11.8 Å². The quantitative estimate of drug-likeness (QED) is 0.756. The lowest BCUT2D eigenvalue weighted by Crippen LogP contribution is -2.23. The van der Waals surface area contributed by atoms with Crippen molar-refractivity contribution in [3.8, 4) is 0 Å². The highest BCUT2D eigenvalue weighted by Gasteiger charge is 2.03. The van der Waals surface area contributed by atoms with Crippen molar-refractivity contribution in [3.63, 3.8) is 0 Å². The Morgan fingerprint density at radius 3 is 2.76 bits per heavy atom. The SMILES string of the molecule is O=Cc1cccn(Cc2cccc(F)c2)c1=O. The molecule has 0 aliphatic heterocycles. The topological polar surface area (TPSA) is 39.1 Å². The number of carbonyl (C=O) groups excluding carboxylic acids is 1. The molecule has 1 aromatic carbocycles. The number of hydrogen-bond acceptors (Lipinski definition) is 2. The van der Waals surface area contributed by atoms with Crippen LogP contribution in [0.5, 0.6) is 0 Å². The van der Waals surface area contributed by atoms with Gasteiger partial charge in [-0.25, -0.2) is 4.39 Å². The van der Waals surface area contributed by atoms with E-state index in [4.69, 9.17) is 0 Å². The minimum Gasteiger partial charge on any atom is -0.310 e. The van der Waals surface area contributed by atoms with E-state index in [-0.39, 0.29) is 23.5 Å². The van der Waals surface area contributed by atoms with Gasteiger partial charge >= 0.3 is 0 Å². The summed E-state index contributed by atoms with van der Waals surface area (Å²) in [5.41, 5.74) is 0.408. The fourth-order valence-electron chi connectivity index (χ4n) is 1.60. The summed E-state index contributed by atoms with van der Waals surface area (Å²) < 4.78 is 14.3. The Bertz CT molecular complexity index is 604. The van der Waals surface area contributed by atoms with Gasteiger partial charge in [0.05, 0.1) is 12.1 Å². The molecule has 0 saturated carbocycles. The van der Waals surface area contributed by atoms with E-state index in [1.807, 2.05) is 0 Å². The summed E-state index contributed by atoms with van der Waals surface area (Å²) in [5, 5.41) is 0. The third kappa shape index (κ3) is 2.47. The molecule has 0 saturated heterocycles. The zero-order valence-corrected chi connectivity index (χ0v) is 8.97. The highest BCUT2D eigenvalue weighted by atomic mass is 19.1. The zero-order chi connectivity index (χ0) is 12.3. The molecule has 0 bridgehead atoms. The van der Waals surface area contributed by atoms with E-state index in [2.05, 4.69) is 0 Å². The van der Waals surface area contributed by atoms with E-state index < -0.39 is 0 Å². The molecule has 0 spiro atoms. The number of aromatic nitrogens is 1. The van der Waals surface area contributed by atoms with Crippen LogP contribution in [-0.2, 0) is 6.54 Å². The molecule has 0 unspecified atom stereocenters. The average Bonchev–Trinajstić information content (AvgIpc) is 2.32. The minimum atomic E-state index is -0.369. The first-order chi connectivity index (χ1) is 8.20. The van der Waals surface area contributed by atoms with Crippen molar-refractivity contribution in [2.45, 2.75) is 6.54 Å². The van der Waals surface area contributed by atoms with Gasteiger partial charge < -0.3 is 4.57 Å². The zero-order valence-electron chi connectivity index (χ0n) is 8.97. The molecule has 1 aromatic heterocycles. The largest absolute Gasteiger partial charge is 0.310 e. The summed E-state index contributed by atoms with van der Waals surface area (Å²) in [6.45, 7) is 0.248. The number of rotatable bonds is 3. The maximum atomic E-state index is 13.0. The van der Waals surface area contributed by atoms with Gasteiger partial charge in [0.25, 0.3) is 5.56 Å². The summed E-state index contributed by atoms with van der Waals surface area (Å²) in [4.78, 5) is 22.3. The van der Waals surface area contributed by atoms with Crippen LogP contribution in [0.25, 0.3) is 0 Å². The highest BCUT2D eigenvalue weighted by molar-refractivity contribution is 5.73. The van der Waals surface area contributed by atoms with Gasteiger partial charge in [0.2, 0.25) is 0 Å². The molecule has 2 aromatic rings. The number of pyridine rings is 1. The fraction of sp³-hybridized carbons (Fsp3) is 0.0769. The van der Waals surface area contributed by atoms with Gasteiger partial charge in [0.15, 0.2) is 6.29 Å². The molecule has 3 nitrogen and oxygen atoms in total. The van der Waals surface area contributed by atoms with E-state index >= 15 is 0 Å². The van der Waals surface area contributed by atoms with Crippen LogP contribution in [-0.4, -0.2) is 10.9 Å². The standard InChI is InChI=1S/C13H10FNO2/c14-12-5-1-3-10(7-12)8-15-6-2-4-11(9-16)13(15)17/h1-7,9H,8H2. The van der Waals surface area contributed by atoms with Crippen LogP contribution >= 0.6 is 0 Å². The Kier molecular flexibility index (Phi) is 3.14. The molecule has 0 fully saturated rings. The molecule has 0 aliphatic rings. The minimum absolute atomic E-state index is 0.101. The van der Waals surface area contributed by atoms with Crippen molar-refractivity contribution < 1.29 is 9.18 Å². The first-order valence-corrected chi connectivity index (χ1v) is 5.10. The Morgan fingerprint density at radius 2 is 2.06 bits per heavy atom. The Morgan fingerprint density at radius 1 is 1.24 bits per heavy atom. The number of halogens is 1. The van der Waals surface area contributed by atoms with E-state index in [0.717, 1.165) is 0 Å². The van der Waals surface area contributed by atoms with Gasteiger partial charge in [0.1, 0.15) is 5.82 Å². The van der Waals surface area contributed by atoms with Crippen molar-refractivity contribution in [3.05, 3.63) is 69.9 Å². The lowest BCUT2D eigenvalue weighted by atomic mass is 10.2. The summed E-state index contributed by atoms with van der Waals surface area (Å²) in [5.74, 6) is -0.345. The number of nitrogens with zero attached hydrogens (tertiary/aromatic N) is 1. The molecule has 0 atom stereocenters. The second-order valence-corrected chi connectivity index (χ2v) is 3.64. The van der Waals surface area contributed by atoms with Crippen molar-refractivity contribution in [2.24, 2.45) is 0 Å². The summed E-state index contributed by atoms with van der Waals surface area (Å²) in [6.07, 6.45) is 2.09. The fourth-order valence-corrected chi connectivity index (χ4v) is 1.60. The van der Waals surface area contributed by atoms with Crippen molar-refractivity contribution in [1.82, 2.24) is 4.57 Å². The first-order valence-electron chi connectivity index (χ1n) is 5.10. The Balaban J connectivity index is 2.37. The van der Waals surface area contributed by atoms with Crippen LogP contribution in [0, 0.1) is 5.82 Å². The van der Waals surface area contributed by atoms with Crippen LogP contribution in [0.3, 0.4) is 0 Å². The second kappa shape index (κ2) is 4.74. The predicted octanol–water partition coefficient (Wildman–Crippen LogP) is 1.85. The van der Waals surface area contributed by atoms with Crippen molar-refractivity contribution in [1.29, 1.82) is 0 Å². The van der Waals surface area contributed by atoms with Gasteiger partial charge in [-0.2, -0.15) is 0 Å². The molecule has 0 amide bonds. The summed E-state index contributed by atoms with van der Waals surface area (Å²) in [7, 11) is 0. The maximum absolute atomic E-state index is 13.0. The Hall–Kier alpha value is -2.23. The monoisotopic (exact) mass is 231 g/mol. The van der Waals surface area contributed by atoms with Gasteiger partial charge in [0, 0.05) is 6.20 Å². The third-order valence-electron chi connectivity index (χ3n) is 2.42. The molecule has 0 radical (unpaired) electrons. The molecular formula is C13H10FNO2. The normalized spacial score (nSPS) is 10.2. The number of benzene rings is 1.